The minimum Gasteiger partial charge on any atom is -0.368 e. The van der Waals surface area contributed by atoms with Crippen LogP contribution in [0.15, 0.2) is 36.4 Å². The van der Waals surface area contributed by atoms with Crippen molar-refractivity contribution >= 4 is 40.5 Å². The molecule has 1 fully saturated rings. The van der Waals surface area contributed by atoms with Crippen molar-refractivity contribution in [1.82, 2.24) is 14.7 Å². The molecule has 0 aliphatic carbocycles. The highest BCUT2D eigenvalue weighted by atomic mass is 35.5. The predicted octanol–water partition coefficient (Wildman–Crippen LogP) is 4.08. The molecule has 0 radical (unpaired) electrons. The summed E-state index contributed by atoms with van der Waals surface area (Å²) in [5.74, 6) is 0. The van der Waals surface area contributed by atoms with Gasteiger partial charge in [0, 0.05) is 40.2 Å². The molecular formula is C19H17Cl2N3O2. The first-order chi connectivity index (χ1) is 12.6. The second-order valence-electron chi connectivity index (χ2n) is 6.29. The standard InChI is InChI=1S/C19H17Cl2N3O2/c1-23-19(17-10-24(11-25)7-8-26-17)15-4-2-3-14(18(15)22-23)13-6-5-12(20)9-16(13)21/h2-6,9,11,17H,7-8,10H2,1H3. The van der Waals surface area contributed by atoms with Crippen LogP contribution in [0.3, 0.4) is 0 Å². The summed E-state index contributed by atoms with van der Waals surface area (Å²) in [6.45, 7) is 1.64. The number of hydrogen-bond acceptors (Lipinski definition) is 3. The van der Waals surface area contributed by atoms with Gasteiger partial charge in [0.15, 0.2) is 0 Å². The van der Waals surface area contributed by atoms with Gasteiger partial charge in [0.2, 0.25) is 6.41 Å². The maximum absolute atomic E-state index is 11.2. The van der Waals surface area contributed by atoms with Crippen LogP contribution in [0.4, 0.5) is 0 Å². The lowest BCUT2D eigenvalue weighted by atomic mass is 10.0. The fraction of sp³-hybridized carbons (Fsp3) is 0.263. The Balaban J connectivity index is 1.85. The number of halogens is 2. The molecule has 134 valence electrons. The second kappa shape index (κ2) is 6.91. The number of morpholine rings is 1. The van der Waals surface area contributed by atoms with Crippen molar-refractivity contribution in [3.05, 3.63) is 52.1 Å². The number of aryl methyl sites for hydroxylation is 1. The molecule has 26 heavy (non-hydrogen) atoms. The van der Waals surface area contributed by atoms with Gasteiger partial charge in [-0.05, 0) is 12.1 Å². The summed E-state index contributed by atoms with van der Waals surface area (Å²) in [6.07, 6.45) is 0.660. The molecule has 1 amide bonds. The van der Waals surface area contributed by atoms with Gasteiger partial charge in [0.25, 0.3) is 0 Å². The molecule has 7 heteroatoms. The zero-order valence-electron chi connectivity index (χ0n) is 14.2. The van der Waals surface area contributed by atoms with E-state index >= 15 is 0 Å². The highest BCUT2D eigenvalue weighted by Gasteiger charge is 2.27. The van der Waals surface area contributed by atoms with Crippen LogP contribution >= 0.6 is 23.2 Å². The summed E-state index contributed by atoms with van der Waals surface area (Å²) in [6, 6.07) is 11.4. The lowest BCUT2D eigenvalue weighted by Gasteiger charge is -2.30. The Labute approximate surface area is 161 Å². The molecule has 1 aliphatic rings. The van der Waals surface area contributed by atoms with Crippen LogP contribution in [0.25, 0.3) is 22.0 Å². The van der Waals surface area contributed by atoms with E-state index in [2.05, 4.69) is 0 Å². The zero-order valence-corrected chi connectivity index (χ0v) is 15.7. The van der Waals surface area contributed by atoms with Crippen molar-refractivity contribution in [3.63, 3.8) is 0 Å². The molecular weight excluding hydrogens is 373 g/mol. The molecule has 1 atom stereocenters. The van der Waals surface area contributed by atoms with Gasteiger partial charge in [-0.1, -0.05) is 47.5 Å². The van der Waals surface area contributed by atoms with Gasteiger partial charge in [-0.2, -0.15) is 5.10 Å². The summed E-state index contributed by atoms with van der Waals surface area (Å²) in [5.41, 5.74) is 3.62. The SMILES string of the molecule is Cn1nc2c(-c3ccc(Cl)cc3Cl)cccc2c1C1CN(C=O)CCO1. The third-order valence-corrected chi connectivity index (χ3v) is 5.23. The van der Waals surface area contributed by atoms with Crippen LogP contribution in [0, 0.1) is 0 Å². The van der Waals surface area contributed by atoms with E-state index in [1.807, 2.05) is 42.1 Å². The monoisotopic (exact) mass is 389 g/mol. The fourth-order valence-corrected chi connectivity index (χ4v) is 3.98. The average Bonchev–Trinajstić information content (AvgIpc) is 2.98. The Kier molecular flexibility index (Phi) is 4.61. The number of hydrogen-bond donors (Lipinski definition) is 0. The molecule has 0 N–H and O–H groups in total. The Morgan fingerprint density at radius 2 is 2.08 bits per heavy atom. The van der Waals surface area contributed by atoms with Crippen LogP contribution in [0.1, 0.15) is 11.8 Å². The van der Waals surface area contributed by atoms with E-state index in [1.165, 1.54) is 0 Å². The molecule has 2 aromatic carbocycles. The van der Waals surface area contributed by atoms with Gasteiger partial charge < -0.3 is 9.64 Å². The number of aromatic nitrogens is 2. The quantitative estimate of drug-likeness (QED) is 0.634. The zero-order chi connectivity index (χ0) is 18.3. The maximum atomic E-state index is 11.2. The van der Waals surface area contributed by atoms with Gasteiger partial charge in [0.1, 0.15) is 11.6 Å². The van der Waals surface area contributed by atoms with Crippen molar-refractivity contribution in [3.8, 4) is 11.1 Å². The Morgan fingerprint density at radius 1 is 1.23 bits per heavy atom. The van der Waals surface area contributed by atoms with E-state index < -0.39 is 0 Å². The number of carbonyl (C=O) groups excluding carboxylic acids is 1. The lowest BCUT2D eigenvalue weighted by Crippen LogP contribution is -2.37. The molecule has 0 bridgehead atoms. The maximum Gasteiger partial charge on any atom is 0.209 e. The van der Waals surface area contributed by atoms with Gasteiger partial charge in [-0.25, -0.2) is 0 Å². The number of ether oxygens (including phenoxy) is 1. The van der Waals surface area contributed by atoms with Gasteiger partial charge in [-0.15, -0.1) is 0 Å². The third kappa shape index (κ3) is 2.96. The van der Waals surface area contributed by atoms with Crippen molar-refractivity contribution in [2.45, 2.75) is 6.10 Å². The fourth-order valence-electron chi connectivity index (χ4n) is 3.47. The summed E-state index contributed by atoms with van der Waals surface area (Å²) in [4.78, 5) is 12.9. The summed E-state index contributed by atoms with van der Waals surface area (Å²) in [5, 5.41) is 6.89. The van der Waals surface area contributed by atoms with Gasteiger partial charge in [0.05, 0.1) is 18.8 Å². The number of amides is 1. The van der Waals surface area contributed by atoms with Crippen LogP contribution in [0.2, 0.25) is 10.0 Å². The minimum atomic E-state index is -0.208. The van der Waals surface area contributed by atoms with E-state index in [0.717, 1.165) is 34.1 Å². The van der Waals surface area contributed by atoms with Crippen LogP contribution < -0.4 is 0 Å². The third-order valence-electron chi connectivity index (χ3n) is 4.68. The number of benzene rings is 2. The molecule has 1 unspecified atom stereocenters. The predicted molar refractivity (Wildman–Crippen MR) is 103 cm³/mol. The summed E-state index contributed by atoms with van der Waals surface area (Å²) in [7, 11) is 1.89. The number of nitrogens with zero attached hydrogens (tertiary/aromatic N) is 3. The first kappa shape index (κ1) is 17.3. The van der Waals surface area contributed by atoms with Crippen molar-refractivity contribution in [1.29, 1.82) is 0 Å². The van der Waals surface area contributed by atoms with Gasteiger partial charge in [-0.3, -0.25) is 9.48 Å². The van der Waals surface area contributed by atoms with E-state index in [4.69, 9.17) is 33.0 Å². The lowest BCUT2D eigenvalue weighted by molar-refractivity contribution is -0.125. The molecule has 0 spiro atoms. The molecule has 2 heterocycles. The largest absolute Gasteiger partial charge is 0.368 e. The summed E-state index contributed by atoms with van der Waals surface area (Å²) >= 11 is 12.4. The van der Waals surface area contributed by atoms with Crippen LogP contribution in [-0.2, 0) is 16.6 Å². The smallest absolute Gasteiger partial charge is 0.209 e. The second-order valence-corrected chi connectivity index (χ2v) is 7.14. The van der Waals surface area contributed by atoms with Crippen molar-refractivity contribution in [2.24, 2.45) is 7.05 Å². The number of rotatable bonds is 3. The molecule has 1 aromatic heterocycles. The Bertz CT molecular complexity index is 986. The molecule has 0 saturated carbocycles. The van der Waals surface area contributed by atoms with E-state index in [0.29, 0.717) is 29.7 Å². The van der Waals surface area contributed by atoms with E-state index in [1.54, 1.807) is 11.0 Å². The molecule has 4 rings (SSSR count). The Morgan fingerprint density at radius 3 is 2.85 bits per heavy atom. The molecule has 1 aliphatic heterocycles. The molecule has 3 aromatic rings. The average molecular weight is 390 g/mol. The number of fused-ring (bicyclic) bond motifs is 1. The normalized spacial score (nSPS) is 17.7. The van der Waals surface area contributed by atoms with Gasteiger partial charge >= 0.3 is 0 Å². The minimum absolute atomic E-state index is 0.208. The highest BCUT2D eigenvalue weighted by Crippen LogP contribution is 2.37. The molecule has 1 saturated heterocycles. The topological polar surface area (TPSA) is 47.4 Å². The first-order valence-corrected chi connectivity index (χ1v) is 9.06. The Hall–Kier alpha value is -2.08. The van der Waals surface area contributed by atoms with E-state index in [-0.39, 0.29) is 6.10 Å². The van der Waals surface area contributed by atoms with Crippen LogP contribution in [-0.4, -0.2) is 40.8 Å². The van der Waals surface area contributed by atoms with E-state index in [9.17, 15) is 4.79 Å². The van der Waals surface area contributed by atoms with Crippen molar-refractivity contribution in [2.75, 3.05) is 19.7 Å². The molecule has 5 nitrogen and oxygen atoms in total. The number of carbonyl (C=O) groups is 1. The van der Waals surface area contributed by atoms with Crippen LogP contribution in [0.5, 0.6) is 0 Å². The first-order valence-electron chi connectivity index (χ1n) is 8.30. The van der Waals surface area contributed by atoms with Crippen molar-refractivity contribution < 1.29 is 9.53 Å². The highest BCUT2D eigenvalue weighted by molar-refractivity contribution is 6.36. The summed E-state index contributed by atoms with van der Waals surface area (Å²) < 4.78 is 7.75.